The predicted octanol–water partition coefficient (Wildman–Crippen LogP) is 2.89. The summed E-state index contributed by atoms with van der Waals surface area (Å²) in [5.74, 6) is -0.529. The average Bonchev–Trinajstić information content (AvgIpc) is 2.84. The summed E-state index contributed by atoms with van der Waals surface area (Å²) < 4.78 is 1.40. The van der Waals surface area contributed by atoms with Crippen LogP contribution in [0.5, 0.6) is 0 Å². The first-order valence-electron chi connectivity index (χ1n) is 5.83. The summed E-state index contributed by atoms with van der Waals surface area (Å²) in [4.78, 5) is 22.2. The Labute approximate surface area is 119 Å². The molecule has 104 valence electrons. The number of rotatable bonds is 6. The number of nitrogens with zero attached hydrogens (tertiary/aromatic N) is 2. The highest BCUT2D eigenvalue weighted by atomic mass is 32.2. The monoisotopic (exact) mass is 292 g/mol. The normalized spacial score (nSPS) is 10.4. The molecule has 2 aromatic rings. The van der Waals surface area contributed by atoms with Gasteiger partial charge in [0.05, 0.1) is 11.1 Å². The minimum atomic E-state index is -1.16. The maximum absolute atomic E-state index is 11.0. The first-order valence-corrected chi connectivity index (χ1v) is 6.82. The van der Waals surface area contributed by atoms with Crippen LogP contribution in [0.1, 0.15) is 10.5 Å². The second-order valence-electron chi connectivity index (χ2n) is 4.00. The Morgan fingerprint density at radius 3 is 2.65 bits per heavy atom. The van der Waals surface area contributed by atoms with E-state index in [0.29, 0.717) is 12.3 Å². The topological polar surface area (TPSA) is 85.4 Å². The summed E-state index contributed by atoms with van der Waals surface area (Å²) >= 11 is 1.57. The van der Waals surface area contributed by atoms with Gasteiger partial charge in [-0.05, 0) is 12.1 Å². The van der Waals surface area contributed by atoms with Crippen LogP contribution in [-0.4, -0.2) is 26.3 Å². The molecule has 0 fully saturated rings. The van der Waals surface area contributed by atoms with Crippen LogP contribution in [0.25, 0.3) is 0 Å². The van der Waals surface area contributed by atoms with E-state index < -0.39 is 10.9 Å². The number of aryl methyl sites for hydroxylation is 1. The van der Waals surface area contributed by atoms with Crippen molar-refractivity contribution in [3.05, 3.63) is 58.4 Å². The Morgan fingerprint density at radius 1 is 1.35 bits per heavy atom. The fourth-order valence-corrected chi connectivity index (χ4v) is 2.61. The molecule has 0 amide bonds. The van der Waals surface area contributed by atoms with Gasteiger partial charge in [-0.25, -0.2) is 4.79 Å². The second-order valence-corrected chi connectivity index (χ2v) is 5.17. The van der Waals surface area contributed by atoms with E-state index >= 15 is 0 Å². The summed E-state index contributed by atoms with van der Waals surface area (Å²) in [6, 6.07) is 10.8. The Hall–Kier alpha value is -2.28. The SMILES string of the molecule is O=C(O)c1cc([N+](=O)[O-])cn1CCSc1ccccc1. The third kappa shape index (κ3) is 3.39. The van der Waals surface area contributed by atoms with E-state index in [1.165, 1.54) is 10.8 Å². The lowest BCUT2D eigenvalue weighted by Gasteiger charge is -2.05. The van der Waals surface area contributed by atoms with Gasteiger partial charge in [0.15, 0.2) is 0 Å². The molecular formula is C13H12N2O4S. The highest BCUT2D eigenvalue weighted by Crippen LogP contribution is 2.20. The van der Waals surface area contributed by atoms with Gasteiger partial charge in [-0.3, -0.25) is 10.1 Å². The molecule has 0 bridgehead atoms. The van der Waals surface area contributed by atoms with Crippen LogP contribution in [0.3, 0.4) is 0 Å². The molecule has 7 heteroatoms. The van der Waals surface area contributed by atoms with Crippen LogP contribution < -0.4 is 0 Å². The van der Waals surface area contributed by atoms with Crippen LogP contribution in [0.15, 0.2) is 47.5 Å². The number of aromatic carboxylic acids is 1. The van der Waals surface area contributed by atoms with Crippen LogP contribution >= 0.6 is 11.8 Å². The molecule has 0 saturated heterocycles. The van der Waals surface area contributed by atoms with Gasteiger partial charge in [-0.2, -0.15) is 0 Å². The van der Waals surface area contributed by atoms with Crippen molar-refractivity contribution < 1.29 is 14.8 Å². The third-order valence-corrected chi connectivity index (χ3v) is 3.65. The standard InChI is InChI=1S/C13H12N2O4S/c16-13(17)12-8-10(15(18)19)9-14(12)6-7-20-11-4-2-1-3-5-11/h1-5,8-9H,6-7H2,(H,16,17). The number of benzene rings is 1. The lowest BCUT2D eigenvalue weighted by molar-refractivity contribution is -0.384. The van der Waals surface area contributed by atoms with Crippen LogP contribution in [-0.2, 0) is 6.54 Å². The summed E-state index contributed by atoms with van der Waals surface area (Å²) in [6.45, 7) is 0.398. The van der Waals surface area contributed by atoms with E-state index in [9.17, 15) is 14.9 Å². The zero-order valence-electron chi connectivity index (χ0n) is 10.4. The molecule has 1 aromatic carbocycles. The Kier molecular flexibility index (Phi) is 4.41. The van der Waals surface area contributed by atoms with Gasteiger partial charge >= 0.3 is 5.97 Å². The summed E-state index contributed by atoms with van der Waals surface area (Å²) in [5.41, 5.74) is -0.266. The number of hydrogen-bond acceptors (Lipinski definition) is 4. The van der Waals surface area contributed by atoms with Gasteiger partial charge in [-0.1, -0.05) is 18.2 Å². The van der Waals surface area contributed by atoms with Gasteiger partial charge in [0.2, 0.25) is 0 Å². The number of thioether (sulfide) groups is 1. The minimum absolute atomic E-state index is 0.0645. The summed E-state index contributed by atoms with van der Waals surface area (Å²) in [5, 5.41) is 19.7. The van der Waals surface area contributed by atoms with Crippen LogP contribution in [0, 0.1) is 10.1 Å². The van der Waals surface area contributed by atoms with E-state index in [0.717, 1.165) is 11.0 Å². The summed E-state index contributed by atoms with van der Waals surface area (Å²) in [7, 11) is 0. The minimum Gasteiger partial charge on any atom is -0.477 e. The second kappa shape index (κ2) is 6.25. The highest BCUT2D eigenvalue weighted by molar-refractivity contribution is 7.99. The van der Waals surface area contributed by atoms with Crippen molar-refractivity contribution >= 4 is 23.4 Å². The van der Waals surface area contributed by atoms with Crippen molar-refractivity contribution in [1.29, 1.82) is 0 Å². The number of carbonyl (C=O) groups is 1. The fraction of sp³-hybridized carbons (Fsp3) is 0.154. The molecule has 0 atom stereocenters. The summed E-state index contributed by atoms with van der Waals surface area (Å²) in [6.07, 6.45) is 1.26. The number of aromatic nitrogens is 1. The zero-order chi connectivity index (χ0) is 14.5. The van der Waals surface area contributed by atoms with E-state index in [4.69, 9.17) is 5.11 Å². The van der Waals surface area contributed by atoms with E-state index in [1.54, 1.807) is 11.8 Å². The lowest BCUT2D eigenvalue weighted by Crippen LogP contribution is -2.08. The maximum atomic E-state index is 11.0. The smallest absolute Gasteiger partial charge is 0.352 e. The molecule has 0 unspecified atom stereocenters. The maximum Gasteiger partial charge on any atom is 0.352 e. The number of carboxylic acid groups (broad SMARTS) is 1. The predicted molar refractivity (Wildman–Crippen MR) is 75.2 cm³/mol. The molecule has 0 aliphatic heterocycles. The molecule has 0 aliphatic rings. The number of nitro groups is 1. The largest absolute Gasteiger partial charge is 0.477 e. The quantitative estimate of drug-likeness (QED) is 0.502. The molecule has 1 N–H and O–H groups in total. The van der Waals surface area contributed by atoms with Crippen molar-refractivity contribution in [3.8, 4) is 0 Å². The van der Waals surface area contributed by atoms with Crippen molar-refractivity contribution in [1.82, 2.24) is 4.57 Å². The molecular weight excluding hydrogens is 280 g/mol. The fourth-order valence-electron chi connectivity index (χ4n) is 1.74. The molecule has 0 saturated carbocycles. The molecule has 0 spiro atoms. The van der Waals surface area contributed by atoms with Crippen molar-refractivity contribution in [3.63, 3.8) is 0 Å². The van der Waals surface area contributed by atoms with Gasteiger partial charge in [0.25, 0.3) is 5.69 Å². The van der Waals surface area contributed by atoms with Crippen molar-refractivity contribution in [2.75, 3.05) is 5.75 Å². The molecule has 0 radical (unpaired) electrons. The highest BCUT2D eigenvalue weighted by Gasteiger charge is 2.18. The van der Waals surface area contributed by atoms with Crippen molar-refractivity contribution in [2.45, 2.75) is 11.4 Å². The van der Waals surface area contributed by atoms with Gasteiger partial charge < -0.3 is 9.67 Å². The molecule has 0 aliphatic carbocycles. The Morgan fingerprint density at radius 2 is 2.05 bits per heavy atom. The first kappa shape index (κ1) is 14.1. The number of hydrogen-bond donors (Lipinski definition) is 1. The van der Waals surface area contributed by atoms with E-state index in [1.807, 2.05) is 30.3 Å². The van der Waals surface area contributed by atoms with Gasteiger partial charge in [-0.15, -0.1) is 11.8 Å². The zero-order valence-corrected chi connectivity index (χ0v) is 11.2. The number of carboxylic acids is 1. The van der Waals surface area contributed by atoms with Crippen LogP contribution in [0.2, 0.25) is 0 Å². The molecule has 1 aromatic heterocycles. The van der Waals surface area contributed by atoms with Gasteiger partial charge in [0, 0.05) is 23.3 Å². The van der Waals surface area contributed by atoms with Crippen LogP contribution in [0.4, 0.5) is 5.69 Å². The van der Waals surface area contributed by atoms with E-state index in [2.05, 4.69) is 0 Å². The molecule has 2 rings (SSSR count). The van der Waals surface area contributed by atoms with Crippen molar-refractivity contribution in [2.24, 2.45) is 0 Å². The average molecular weight is 292 g/mol. The Bertz CT molecular complexity index is 625. The first-order chi connectivity index (χ1) is 9.58. The van der Waals surface area contributed by atoms with E-state index in [-0.39, 0.29) is 11.4 Å². The Balaban J connectivity index is 2.05. The molecule has 1 heterocycles. The molecule has 6 nitrogen and oxygen atoms in total. The third-order valence-electron chi connectivity index (χ3n) is 2.66. The van der Waals surface area contributed by atoms with Gasteiger partial charge in [0.1, 0.15) is 5.69 Å². The molecule has 20 heavy (non-hydrogen) atoms. The lowest BCUT2D eigenvalue weighted by atomic mass is 10.4.